The predicted octanol–water partition coefficient (Wildman–Crippen LogP) is 0.338. The van der Waals surface area contributed by atoms with Crippen molar-refractivity contribution >= 4 is 15.7 Å². The summed E-state index contributed by atoms with van der Waals surface area (Å²) in [6.45, 7) is -0.504. The van der Waals surface area contributed by atoms with E-state index >= 15 is 0 Å². The minimum Gasteiger partial charge on any atom is -0.379 e. The lowest BCUT2D eigenvalue weighted by molar-refractivity contribution is 0.411. The van der Waals surface area contributed by atoms with Crippen LogP contribution >= 0.6 is 0 Å². The summed E-state index contributed by atoms with van der Waals surface area (Å²) in [5, 5.41) is 6.51. The Kier molecular flexibility index (Phi) is 3.88. The highest BCUT2D eigenvalue weighted by Gasteiger charge is 2.20. The van der Waals surface area contributed by atoms with Crippen LogP contribution < -0.4 is 10.5 Å². The van der Waals surface area contributed by atoms with Gasteiger partial charge in [0.15, 0.2) is 0 Å². The van der Waals surface area contributed by atoms with Gasteiger partial charge in [-0.1, -0.05) is 0 Å². The Labute approximate surface area is 93.7 Å². The summed E-state index contributed by atoms with van der Waals surface area (Å²) < 4.78 is 72.2. The highest BCUT2D eigenvalue weighted by molar-refractivity contribution is 7.89. The van der Waals surface area contributed by atoms with Gasteiger partial charge >= 0.3 is 0 Å². The van der Waals surface area contributed by atoms with Crippen molar-refractivity contribution in [2.24, 2.45) is 5.14 Å². The number of halogens is 4. The maximum Gasteiger partial charge on any atom is 0.253 e. The van der Waals surface area contributed by atoms with Gasteiger partial charge in [0.2, 0.25) is 21.7 Å². The second-order valence-electron chi connectivity index (χ2n) is 2.99. The second-order valence-corrected chi connectivity index (χ2v) is 4.72. The molecular formula is C7H7F4N3O2S. The maximum atomic E-state index is 13.0. The number of anilines is 1. The minimum absolute atomic E-state index is 0.504. The van der Waals surface area contributed by atoms with Crippen LogP contribution in [0.5, 0.6) is 0 Å². The van der Waals surface area contributed by atoms with Crippen LogP contribution in [0.3, 0.4) is 0 Å². The number of rotatable bonds is 4. The topological polar surface area (TPSA) is 85.1 Å². The van der Waals surface area contributed by atoms with E-state index in [0.717, 1.165) is 0 Å². The molecule has 0 unspecified atom stereocenters. The van der Waals surface area contributed by atoms with Crippen molar-refractivity contribution in [2.75, 3.05) is 17.6 Å². The van der Waals surface area contributed by atoms with Crippen molar-refractivity contribution in [3.63, 3.8) is 0 Å². The van der Waals surface area contributed by atoms with Crippen molar-refractivity contribution in [3.8, 4) is 0 Å². The van der Waals surface area contributed by atoms with Crippen LogP contribution in [0.25, 0.3) is 0 Å². The number of sulfonamides is 1. The number of nitrogens with one attached hydrogen (secondary N) is 1. The second kappa shape index (κ2) is 4.84. The number of pyridine rings is 1. The monoisotopic (exact) mass is 273 g/mol. The van der Waals surface area contributed by atoms with Gasteiger partial charge in [-0.25, -0.2) is 13.6 Å². The zero-order chi connectivity index (χ0) is 13.2. The molecule has 5 nitrogen and oxygen atoms in total. The van der Waals surface area contributed by atoms with Gasteiger partial charge in [0.05, 0.1) is 5.75 Å². The Balaban J connectivity index is 2.91. The fourth-order valence-electron chi connectivity index (χ4n) is 0.960. The first kappa shape index (κ1) is 13.6. The third-order valence-corrected chi connectivity index (χ3v) is 2.46. The van der Waals surface area contributed by atoms with E-state index in [1.165, 1.54) is 0 Å². The summed E-state index contributed by atoms with van der Waals surface area (Å²) >= 11 is 0. The molecule has 1 aromatic heterocycles. The van der Waals surface area contributed by atoms with Crippen molar-refractivity contribution in [1.82, 2.24) is 4.98 Å². The number of nitrogens with two attached hydrogens (primary N) is 1. The van der Waals surface area contributed by atoms with Crippen LogP contribution in [0.1, 0.15) is 0 Å². The summed E-state index contributed by atoms with van der Waals surface area (Å²) in [5.41, 5.74) is -1.13. The smallest absolute Gasteiger partial charge is 0.253 e. The number of hydrogen-bond acceptors (Lipinski definition) is 4. The van der Waals surface area contributed by atoms with E-state index in [0.29, 0.717) is 0 Å². The van der Waals surface area contributed by atoms with Crippen molar-refractivity contribution < 1.29 is 26.0 Å². The lowest BCUT2D eigenvalue weighted by Crippen LogP contribution is -2.23. The lowest BCUT2D eigenvalue weighted by atomic mass is 10.3. The lowest BCUT2D eigenvalue weighted by Gasteiger charge is -2.08. The van der Waals surface area contributed by atoms with Crippen molar-refractivity contribution in [2.45, 2.75) is 0 Å². The average molecular weight is 273 g/mol. The number of aromatic nitrogens is 1. The molecule has 1 aromatic rings. The number of nitrogens with zero attached hydrogens (tertiary/aromatic N) is 1. The Morgan fingerprint density at radius 2 is 1.59 bits per heavy atom. The quantitative estimate of drug-likeness (QED) is 0.612. The molecule has 0 atom stereocenters. The SMILES string of the molecule is NS(=O)(=O)CCNc1c(F)c(F)nc(F)c1F. The molecule has 3 N–H and O–H groups in total. The van der Waals surface area contributed by atoms with Crippen molar-refractivity contribution in [1.29, 1.82) is 0 Å². The highest BCUT2D eigenvalue weighted by atomic mass is 32.2. The summed E-state index contributed by atoms with van der Waals surface area (Å²) in [5.74, 6) is -7.79. The molecule has 0 aromatic carbocycles. The summed E-state index contributed by atoms with van der Waals surface area (Å²) in [7, 11) is -3.85. The number of hydrogen-bond donors (Lipinski definition) is 2. The molecule has 1 heterocycles. The van der Waals surface area contributed by atoms with Crippen LogP contribution in [0.15, 0.2) is 0 Å². The van der Waals surface area contributed by atoms with Gasteiger partial charge in [0, 0.05) is 6.54 Å². The van der Waals surface area contributed by atoms with Crippen molar-refractivity contribution in [3.05, 3.63) is 23.5 Å². The molecule has 0 aliphatic heterocycles. The predicted molar refractivity (Wildman–Crippen MR) is 50.5 cm³/mol. The largest absolute Gasteiger partial charge is 0.379 e. The maximum absolute atomic E-state index is 13.0. The molecule has 0 aliphatic carbocycles. The molecule has 0 bridgehead atoms. The molecule has 0 radical (unpaired) electrons. The minimum atomic E-state index is -3.85. The molecule has 0 aliphatic rings. The summed E-state index contributed by atoms with van der Waals surface area (Å²) in [4.78, 5) is 2.32. The molecule has 0 fully saturated rings. The molecule has 0 amide bonds. The van der Waals surface area contributed by atoms with Gasteiger partial charge in [-0.2, -0.15) is 22.5 Å². The first-order chi connectivity index (χ1) is 7.72. The summed E-state index contributed by atoms with van der Waals surface area (Å²) in [6, 6.07) is 0. The van der Waals surface area contributed by atoms with E-state index in [1.54, 1.807) is 0 Å². The van der Waals surface area contributed by atoms with E-state index in [2.05, 4.69) is 10.1 Å². The fourth-order valence-corrected chi connectivity index (χ4v) is 1.35. The first-order valence-electron chi connectivity index (χ1n) is 4.16. The zero-order valence-corrected chi connectivity index (χ0v) is 8.99. The van der Waals surface area contributed by atoms with E-state index < -0.39 is 51.5 Å². The fraction of sp³-hybridized carbons (Fsp3) is 0.286. The van der Waals surface area contributed by atoms with Gasteiger partial charge in [0.25, 0.3) is 11.9 Å². The molecule has 0 saturated carbocycles. The first-order valence-corrected chi connectivity index (χ1v) is 5.88. The highest BCUT2D eigenvalue weighted by Crippen LogP contribution is 2.21. The standard InChI is InChI=1S/C7H7F4N3O2S/c8-3-5(13-1-2-17(12,15)16)4(9)7(11)14-6(3)10/h1-2H2,(H,13,14)(H2,12,15,16). The van der Waals surface area contributed by atoms with Crippen LogP contribution in [0.2, 0.25) is 0 Å². The zero-order valence-electron chi connectivity index (χ0n) is 8.18. The Morgan fingerprint density at radius 1 is 1.12 bits per heavy atom. The van der Waals surface area contributed by atoms with E-state index in [-0.39, 0.29) is 0 Å². The van der Waals surface area contributed by atoms with Crippen LogP contribution in [-0.4, -0.2) is 25.7 Å². The molecular weight excluding hydrogens is 266 g/mol. The van der Waals surface area contributed by atoms with Crippen LogP contribution in [0, 0.1) is 23.5 Å². The third-order valence-electron chi connectivity index (χ3n) is 1.69. The van der Waals surface area contributed by atoms with E-state index in [4.69, 9.17) is 0 Å². The normalized spacial score (nSPS) is 11.6. The number of primary sulfonamides is 1. The molecule has 17 heavy (non-hydrogen) atoms. The van der Waals surface area contributed by atoms with Gasteiger partial charge in [0.1, 0.15) is 5.69 Å². The molecule has 96 valence electrons. The molecule has 0 saturated heterocycles. The Hall–Kier alpha value is -1.42. The Bertz CT molecular complexity index is 508. The van der Waals surface area contributed by atoms with Gasteiger partial charge < -0.3 is 5.32 Å². The average Bonchev–Trinajstić information content (AvgIpc) is 2.19. The van der Waals surface area contributed by atoms with Crippen LogP contribution in [0.4, 0.5) is 23.2 Å². The summed E-state index contributed by atoms with van der Waals surface area (Å²) in [6.07, 6.45) is 0. The molecule has 10 heteroatoms. The molecule has 0 spiro atoms. The third kappa shape index (κ3) is 3.53. The van der Waals surface area contributed by atoms with Gasteiger partial charge in [-0.3, -0.25) is 0 Å². The Morgan fingerprint density at radius 3 is 2.00 bits per heavy atom. The van der Waals surface area contributed by atoms with Crippen LogP contribution in [-0.2, 0) is 10.0 Å². The van der Waals surface area contributed by atoms with Gasteiger partial charge in [-0.15, -0.1) is 0 Å². The van der Waals surface area contributed by atoms with Gasteiger partial charge in [-0.05, 0) is 0 Å². The van der Waals surface area contributed by atoms with E-state index in [9.17, 15) is 26.0 Å². The van der Waals surface area contributed by atoms with E-state index in [1.807, 2.05) is 5.32 Å². The molecule has 1 rings (SSSR count).